The summed E-state index contributed by atoms with van der Waals surface area (Å²) >= 11 is 10.1. The molecule has 1 aliphatic rings. The molecule has 0 radical (unpaired) electrons. The summed E-state index contributed by atoms with van der Waals surface area (Å²) in [5, 5.41) is 2.75. The zero-order chi connectivity index (χ0) is 6.91. The molecule has 1 N–H and O–H groups in total. The van der Waals surface area contributed by atoms with Gasteiger partial charge in [0.2, 0.25) is 3.24 Å². The van der Waals surface area contributed by atoms with Crippen LogP contribution in [-0.2, 0) is 4.79 Å². The fraction of sp³-hybridized carbons (Fsp3) is 0.250. The largest absolute Gasteiger partial charge is 0.354 e. The Balaban J connectivity index is 2.59. The normalized spacial score (nSPS) is 33.3. The lowest BCUT2D eigenvalue weighted by atomic mass is 10.7. The Hall–Kier alpha value is 0.330. The Bertz CT molecular complexity index is 170. The van der Waals surface area contributed by atoms with Gasteiger partial charge in [-0.15, -0.1) is 0 Å². The average Bonchev–Trinajstić information content (AvgIpc) is 2.10. The van der Waals surface area contributed by atoms with Gasteiger partial charge >= 0.3 is 0 Å². The molecule has 1 heterocycles. The molecule has 0 aliphatic carbocycles. The van der Waals surface area contributed by atoms with Crippen molar-refractivity contribution in [2.75, 3.05) is 0 Å². The maximum absolute atomic E-state index is 10.1. The fourth-order valence-corrected chi connectivity index (χ4v) is 2.00. The second-order valence-corrected chi connectivity index (χ2v) is 5.68. The molecule has 0 saturated carbocycles. The number of hydrogen-bond donors (Lipinski definition) is 1. The Kier molecular flexibility index (Phi) is 2.08. The molecule has 1 unspecified atom stereocenters. The molecule has 0 aromatic carbocycles. The highest BCUT2D eigenvalue weighted by atomic mass is 79.9. The van der Waals surface area contributed by atoms with E-state index < -0.39 is 3.24 Å². The molecule has 1 atom stereocenters. The second kappa shape index (κ2) is 2.52. The number of carbonyl (C=O) groups excluding carboxylic acids is 1. The lowest BCUT2D eigenvalue weighted by molar-refractivity contribution is -0.104. The van der Waals surface area contributed by atoms with Crippen molar-refractivity contribution >= 4 is 45.6 Å². The lowest BCUT2D eigenvalue weighted by Gasteiger charge is -2.10. The molecule has 1 aliphatic heterocycles. The summed E-state index contributed by atoms with van der Waals surface area (Å²) in [4.78, 5) is 10.7. The Morgan fingerprint density at radius 1 is 2.00 bits per heavy atom. The first-order valence-electron chi connectivity index (χ1n) is 2.14. The van der Waals surface area contributed by atoms with Gasteiger partial charge in [-0.05, 0) is 15.9 Å². The van der Waals surface area contributed by atoms with E-state index >= 15 is 0 Å². The van der Waals surface area contributed by atoms with Crippen LogP contribution in [-0.4, -0.2) is 9.53 Å². The third-order valence-corrected chi connectivity index (χ3v) is 2.62. The minimum Gasteiger partial charge on any atom is -0.354 e. The first-order chi connectivity index (χ1) is 4.14. The van der Waals surface area contributed by atoms with E-state index in [1.165, 1.54) is 11.8 Å². The van der Waals surface area contributed by atoms with Crippen molar-refractivity contribution in [1.29, 1.82) is 0 Å². The van der Waals surface area contributed by atoms with E-state index in [0.29, 0.717) is 4.91 Å². The van der Waals surface area contributed by atoms with Crippen molar-refractivity contribution in [2.45, 2.75) is 3.24 Å². The van der Waals surface area contributed by atoms with Gasteiger partial charge in [-0.25, -0.2) is 0 Å². The third-order valence-electron chi connectivity index (χ3n) is 0.745. The highest BCUT2D eigenvalue weighted by Gasteiger charge is 2.29. The van der Waals surface area contributed by atoms with Gasteiger partial charge in [0.1, 0.15) is 0 Å². The zero-order valence-corrected chi connectivity index (χ0v) is 7.39. The lowest BCUT2D eigenvalue weighted by Crippen LogP contribution is -2.19. The van der Waals surface area contributed by atoms with Crippen LogP contribution in [0.4, 0.5) is 0 Å². The van der Waals surface area contributed by atoms with Crippen molar-refractivity contribution in [1.82, 2.24) is 5.32 Å². The molecule has 9 heavy (non-hydrogen) atoms. The van der Waals surface area contributed by atoms with Crippen LogP contribution in [0.2, 0.25) is 0 Å². The van der Waals surface area contributed by atoms with E-state index in [1.807, 2.05) is 0 Å². The molecular weight excluding hydrogens is 225 g/mol. The topological polar surface area (TPSA) is 29.1 Å². The molecule has 0 saturated heterocycles. The fourth-order valence-electron chi connectivity index (χ4n) is 0.420. The summed E-state index contributed by atoms with van der Waals surface area (Å²) < 4.78 is -0.705. The number of rotatable bonds is 1. The third kappa shape index (κ3) is 1.88. The van der Waals surface area contributed by atoms with Crippen LogP contribution in [0.25, 0.3) is 0 Å². The van der Waals surface area contributed by atoms with E-state index in [0.717, 1.165) is 6.29 Å². The number of hydrogen-bond acceptors (Lipinski definition) is 3. The molecule has 0 fully saturated rings. The quantitative estimate of drug-likeness (QED) is 0.420. The molecular formula is C4H3BrClNOS. The zero-order valence-electron chi connectivity index (χ0n) is 4.23. The summed E-state index contributed by atoms with van der Waals surface area (Å²) in [6, 6.07) is 0. The van der Waals surface area contributed by atoms with Crippen molar-refractivity contribution in [3.05, 3.63) is 11.1 Å². The molecule has 50 valence electrons. The molecule has 2 nitrogen and oxygen atoms in total. The summed E-state index contributed by atoms with van der Waals surface area (Å²) in [6.07, 6.45) is 2.32. The summed E-state index contributed by atoms with van der Waals surface area (Å²) in [5.74, 6) is 0. The SMILES string of the molecule is O=CC1=CNC(Cl)(Br)S1. The Morgan fingerprint density at radius 2 is 2.67 bits per heavy atom. The molecule has 0 amide bonds. The summed E-state index contributed by atoms with van der Waals surface area (Å²) in [7, 11) is 0. The van der Waals surface area contributed by atoms with Gasteiger partial charge in [0.15, 0.2) is 6.29 Å². The van der Waals surface area contributed by atoms with Gasteiger partial charge in [-0.1, -0.05) is 23.4 Å². The molecule has 0 aromatic heterocycles. The van der Waals surface area contributed by atoms with Gasteiger partial charge in [0.25, 0.3) is 0 Å². The number of halogens is 2. The van der Waals surface area contributed by atoms with Crippen LogP contribution >= 0.6 is 39.3 Å². The summed E-state index contributed by atoms with van der Waals surface area (Å²) in [6.45, 7) is 0. The number of alkyl halides is 2. The van der Waals surface area contributed by atoms with Crippen molar-refractivity contribution in [3.8, 4) is 0 Å². The van der Waals surface area contributed by atoms with Gasteiger partial charge in [-0.2, -0.15) is 0 Å². The van der Waals surface area contributed by atoms with Crippen LogP contribution in [0.5, 0.6) is 0 Å². The predicted molar refractivity (Wildman–Crippen MR) is 42.4 cm³/mol. The first kappa shape index (κ1) is 7.44. The van der Waals surface area contributed by atoms with Crippen LogP contribution in [0.1, 0.15) is 0 Å². The molecule has 0 aromatic rings. The molecule has 0 spiro atoms. The van der Waals surface area contributed by atoms with E-state index in [1.54, 1.807) is 6.20 Å². The van der Waals surface area contributed by atoms with Crippen molar-refractivity contribution in [3.63, 3.8) is 0 Å². The van der Waals surface area contributed by atoms with Gasteiger partial charge in [0, 0.05) is 6.20 Å². The van der Waals surface area contributed by atoms with Crippen molar-refractivity contribution in [2.24, 2.45) is 0 Å². The standard InChI is InChI=1S/C4H3BrClNOS/c5-4(6)7-1-3(2-8)9-4/h1-2,7H. The van der Waals surface area contributed by atoms with Crippen molar-refractivity contribution < 1.29 is 4.79 Å². The van der Waals surface area contributed by atoms with E-state index in [2.05, 4.69) is 21.2 Å². The maximum Gasteiger partial charge on any atom is 0.220 e. The number of aldehydes is 1. The van der Waals surface area contributed by atoms with E-state index in [9.17, 15) is 4.79 Å². The monoisotopic (exact) mass is 227 g/mol. The van der Waals surface area contributed by atoms with Gasteiger partial charge in [-0.3, -0.25) is 4.79 Å². The van der Waals surface area contributed by atoms with Crippen LogP contribution in [0.3, 0.4) is 0 Å². The highest BCUT2D eigenvalue weighted by Crippen LogP contribution is 2.41. The molecule has 5 heteroatoms. The smallest absolute Gasteiger partial charge is 0.220 e. The van der Waals surface area contributed by atoms with Crippen LogP contribution in [0, 0.1) is 0 Å². The van der Waals surface area contributed by atoms with Gasteiger partial charge < -0.3 is 5.32 Å². The van der Waals surface area contributed by atoms with Crippen LogP contribution < -0.4 is 5.32 Å². The Morgan fingerprint density at radius 3 is 2.89 bits per heavy atom. The highest BCUT2D eigenvalue weighted by molar-refractivity contribution is 9.12. The minimum absolute atomic E-state index is 0.599. The number of nitrogens with one attached hydrogen (secondary N) is 1. The number of thioether (sulfide) groups is 1. The van der Waals surface area contributed by atoms with Gasteiger partial charge in [0.05, 0.1) is 4.91 Å². The predicted octanol–water partition coefficient (Wildman–Crippen LogP) is 1.61. The second-order valence-electron chi connectivity index (χ2n) is 1.43. The Labute approximate surface area is 70.1 Å². The van der Waals surface area contributed by atoms with E-state index in [-0.39, 0.29) is 0 Å². The van der Waals surface area contributed by atoms with E-state index in [4.69, 9.17) is 11.6 Å². The average molecular weight is 228 g/mol. The first-order valence-corrected chi connectivity index (χ1v) is 4.13. The number of carbonyl (C=O) groups is 1. The maximum atomic E-state index is 10.1. The minimum atomic E-state index is -0.705. The summed E-state index contributed by atoms with van der Waals surface area (Å²) in [5.41, 5.74) is 0. The van der Waals surface area contributed by atoms with Crippen LogP contribution in [0.15, 0.2) is 11.1 Å². The molecule has 1 rings (SSSR count). The number of allylic oxidation sites excluding steroid dienone is 1. The molecule has 0 bridgehead atoms.